The van der Waals surface area contributed by atoms with Crippen molar-refractivity contribution in [3.8, 4) is 0 Å². The molecular formula is C16H14Cl2N2O2. The van der Waals surface area contributed by atoms with Crippen LogP contribution in [-0.4, -0.2) is 22.5 Å². The highest BCUT2D eigenvalue weighted by molar-refractivity contribution is 6.34. The number of aliphatic hydroxyl groups is 1. The summed E-state index contributed by atoms with van der Waals surface area (Å²) in [5.74, 6) is -0.316. The molecule has 4 nitrogen and oxygen atoms in total. The molecule has 1 amide bonds. The van der Waals surface area contributed by atoms with Gasteiger partial charge in [-0.25, -0.2) is 0 Å². The van der Waals surface area contributed by atoms with Crippen LogP contribution in [0, 0.1) is 0 Å². The van der Waals surface area contributed by atoms with Crippen molar-refractivity contribution in [1.29, 1.82) is 0 Å². The minimum Gasteiger partial charge on any atom is -0.387 e. The van der Waals surface area contributed by atoms with E-state index in [1.807, 2.05) is 0 Å². The molecule has 2 aromatic rings. The Morgan fingerprint density at radius 2 is 1.86 bits per heavy atom. The highest BCUT2D eigenvalue weighted by atomic mass is 35.5. The lowest BCUT2D eigenvalue weighted by Crippen LogP contribution is -2.26. The fraction of sp³-hybridized carbons (Fsp3) is 0.125. The second kappa shape index (κ2) is 7.94. The molecule has 0 saturated heterocycles. The third-order valence-corrected chi connectivity index (χ3v) is 3.31. The van der Waals surface area contributed by atoms with E-state index in [1.165, 1.54) is 6.08 Å². The van der Waals surface area contributed by atoms with E-state index in [1.54, 1.807) is 48.8 Å². The number of carbonyl (C=O) groups is 1. The molecule has 1 heterocycles. The second-order valence-corrected chi connectivity index (χ2v) is 5.45. The van der Waals surface area contributed by atoms with Gasteiger partial charge < -0.3 is 10.4 Å². The van der Waals surface area contributed by atoms with Gasteiger partial charge in [0, 0.05) is 35.1 Å². The van der Waals surface area contributed by atoms with E-state index in [0.29, 0.717) is 15.6 Å². The molecule has 6 heteroatoms. The summed E-state index contributed by atoms with van der Waals surface area (Å²) in [4.78, 5) is 15.6. The first-order valence-electron chi connectivity index (χ1n) is 6.54. The Morgan fingerprint density at radius 1 is 1.23 bits per heavy atom. The zero-order valence-electron chi connectivity index (χ0n) is 11.5. The van der Waals surface area contributed by atoms with Crippen molar-refractivity contribution in [3.63, 3.8) is 0 Å². The van der Waals surface area contributed by atoms with Gasteiger partial charge in [-0.05, 0) is 47.5 Å². The number of carbonyl (C=O) groups excluding carboxylic acids is 1. The average Bonchev–Trinajstić information content (AvgIpc) is 2.50. The standard InChI is InChI=1S/C16H14Cl2N2O2/c17-13-7-11(8-14(18)9-13)1-2-16(22)20-10-15(21)12-3-5-19-6-4-12/h1-9,15,21H,10H2,(H,20,22)/b2-1+. The number of hydrogen-bond donors (Lipinski definition) is 2. The van der Waals surface area contributed by atoms with Crippen LogP contribution in [0.1, 0.15) is 17.2 Å². The molecule has 0 bridgehead atoms. The van der Waals surface area contributed by atoms with Gasteiger partial charge in [0.25, 0.3) is 0 Å². The predicted octanol–water partition coefficient (Wildman–Crippen LogP) is 3.25. The Kier molecular flexibility index (Phi) is 5.95. The van der Waals surface area contributed by atoms with Crippen molar-refractivity contribution in [1.82, 2.24) is 10.3 Å². The molecule has 114 valence electrons. The van der Waals surface area contributed by atoms with Gasteiger partial charge >= 0.3 is 0 Å². The summed E-state index contributed by atoms with van der Waals surface area (Å²) in [5.41, 5.74) is 1.42. The summed E-state index contributed by atoms with van der Waals surface area (Å²) in [6.07, 6.45) is 5.36. The quantitative estimate of drug-likeness (QED) is 0.824. The highest BCUT2D eigenvalue weighted by Gasteiger charge is 2.07. The van der Waals surface area contributed by atoms with Gasteiger partial charge in [0.2, 0.25) is 5.91 Å². The lowest BCUT2D eigenvalue weighted by atomic mass is 10.1. The van der Waals surface area contributed by atoms with Crippen molar-refractivity contribution in [2.45, 2.75) is 6.10 Å². The monoisotopic (exact) mass is 336 g/mol. The minimum absolute atomic E-state index is 0.115. The third-order valence-electron chi connectivity index (χ3n) is 2.87. The minimum atomic E-state index is -0.777. The van der Waals surface area contributed by atoms with E-state index >= 15 is 0 Å². The average molecular weight is 337 g/mol. The number of hydrogen-bond acceptors (Lipinski definition) is 3. The summed E-state index contributed by atoms with van der Waals surface area (Å²) in [5, 5.41) is 13.5. The van der Waals surface area contributed by atoms with Crippen molar-refractivity contribution >= 4 is 35.2 Å². The van der Waals surface area contributed by atoms with E-state index in [9.17, 15) is 9.90 Å². The predicted molar refractivity (Wildman–Crippen MR) is 87.7 cm³/mol. The van der Waals surface area contributed by atoms with Crippen LogP contribution in [0.25, 0.3) is 6.08 Å². The molecule has 1 unspecified atom stereocenters. The normalized spacial score (nSPS) is 12.3. The van der Waals surface area contributed by atoms with Gasteiger partial charge in [0.05, 0.1) is 6.10 Å². The maximum Gasteiger partial charge on any atom is 0.244 e. The Balaban J connectivity index is 1.89. The van der Waals surface area contributed by atoms with Crippen molar-refractivity contribution in [3.05, 3.63) is 70.0 Å². The molecule has 0 fully saturated rings. The Morgan fingerprint density at radius 3 is 2.50 bits per heavy atom. The van der Waals surface area contributed by atoms with Crippen LogP contribution in [0.3, 0.4) is 0 Å². The van der Waals surface area contributed by atoms with E-state index in [-0.39, 0.29) is 12.5 Å². The molecule has 2 N–H and O–H groups in total. The largest absolute Gasteiger partial charge is 0.387 e. The summed E-state index contributed by atoms with van der Waals surface area (Å²) in [7, 11) is 0. The molecule has 1 atom stereocenters. The fourth-order valence-electron chi connectivity index (χ4n) is 1.80. The van der Waals surface area contributed by atoms with E-state index in [2.05, 4.69) is 10.3 Å². The van der Waals surface area contributed by atoms with Crippen LogP contribution in [0.4, 0.5) is 0 Å². The first kappa shape index (κ1) is 16.5. The summed E-state index contributed by atoms with van der Waals surface area (Å²) in [6.45, 7) is 0.115. The molecule has 2 rings (SSSR count). The second-order valence-electron chi connectivity index (χ2n) is 4.58. The molecule has 0 aliphatic heterocycles. The molecule has 0 radical (unpaired) electrons. The van der Waals surface area contributed by atoms with E-state index in [4.69, 9.17) is 23.2 Å². The van der Waals surface area contributed by atoms with E-state index in [0.717, 1.165) is 5.56 Å². The first-order valence-corrected chi connectivity index (χ1v) is 7.30. The zero-order chi connectivity index (χ0) is 15.9. The van der Waals surface area contributed by atoms with Crippen molar-refractivity contribution in [2.24, 2.45) is 0 Å². The number of aliphatic hydroxyl groups excluding tert-OH is 1. The molecule has 1 aromatic heterocycles. The number of pyridine rings is 1. The van der Waals surface area contributed by atoms with Crippen LogP contribution in [-0.2, 0) is 4.79 Å². The summed E-state index contributed by atoms with van der Waals surface area (Å²) < 4.78 is 0. The summed E-state index contributed by atoms with van der Waals surface area (Å²) >= 11 is 11.8. The van der Waals surface area contributed by atoms with Crippen molar-refractivity contribution in [2.75, 3.05) is 6.54 Å². The van der Waals surface area contributed by atoms with Crippen LogP contribution < -0.4 is 5.32 Å². The van der Waals surface area contributed by atoms with Gasteiger partial charge in [-0.3, -0.25) is 9.78 Å². The van der Waals surface area contributed by atoms with Gasteiger partial charge in [-0.1, -0.05) is 23.2 Å². The number of amides is 1. The lowest BCUT2D eigenvalue weighted by Gasteiger charge is -2.10. The first-order chi connectivity index (χ1) is 10.5. The number of halogens is 2. The van der Waals surface area contributed by atoms with Gasteiger partial charge in [0.15, 0.2) is 0 Å². The van der Waals surface area contributed by atoms with E-state index < -0.39 is 6.10 Å². The van der Waals surface area contributed by atoms with Gasteiger partial charge in [-0.2, -0.15) is 0 Å². The lowest BCUT2D eigenvalue weighted by molar-refractivity contribution is -0.116. The Bertz CT molecular complexity index is 655. The number of benzene rings is 1. The van der Waals surface area contributed by atoms with Crippen LogP contribution >= 0.6 is 23.2 Å². The summed E-state index contributed by atoms with van der Waals surface area (Å²) in [6, 6.07) is 8.40. The zero-order valence-corrected chi connectivity index (χ0v) is 13.1. The molecule has 0 aliphatic rings. The fourth-order valence-corrected chi connectivity index (χ4v) is 2.35. The van der Waals surface area contributed by atoms with Crippen LogP contribution in [0.5, 0.6) is 0 Å². The smallest absolute Gasteiger partial charge is 0.244 e. The van der Waals surface area contributed by atoms with Crippen LogP contribution in [0.2, 0.25) is 10.0 Å². The molecule has 1 aromatic carbocycles. The maximum atomic E-state index is 11.7. The van der Waals surface area contributed by atoms with Crippen LogP contribution in [0.15, 0.2) is 48.8 Å². The molecule has 0 spiro atoms. The SMILES string of the molecule is O=C(/C=C/c1cc(Cl)cc(Cl)c1)NCC(O)c1ccncc1. The molecule has 0 saturated carbocycles. The topological polar surface area (TPSA) is 62.2 Å². The molecule has 0 aliphatic carbocycles. The Labute approximate surface area is 138 Å². The number of nitrogens with zero attached hydrogens (tertiary/aromatic N) is 1. The van der Waals surface area contributed by atoms with Crippen molar-refractivity contribution < 1.29 is 9.90 Å². The van der Waals surface area contributed by atoms with Gasteiger partial charge in [-0.15, -0.1) is 0 Å². The number of aromatic nitrogens is 1. The maximum absolute atomic E-state index is 11.7. The Hall–Kier alpha value is -1.88. The molecule has 22 heavy (non-hydrogen) atoms. The number of nitrogens with one attached hydrogen (secondary N) is 1. The van der Waals surface area contributed by atoms with Gasteiger partial charge in [0.1, 0.15) is 0 Å². The highest BCUT2D eigenvalue weighted by Crippen LogP contribution is 2.19. The molecular weight excluding hydrogens is 323 g/mol. The number of rotatable bonds is 5. The third kappa shape index (κ3) is 5.15.